The van der Waals surface area contributed by atoms with Gasteiger partial charge in [0.1, 0.15) is 0 Å². The van der Waals surface area contributed by atoms with Crippen LogP contribution >= 0.6 is 0 Å². The molecule has 0 saturated carbocycles. The van der Waals surface area contributed by atoms with E-state index in [2.05, 4.69) is 43.3 Å². The highest BCUT2D eigenvalue weighted by atomic mass is 14.5. The maximum Gasteiger partial charge on any atom is 0.0343 e. The Morgan fingerprint density at radius 3 is 2.12 bits per heavy atom. The number of nitrogen functional groups attached to an aromatic ring is 1. The minimum absolute atomic E-state index is 0.868. The number of benzene rings is 2. The summed E-state index contributed by atoms with van der Waals surface area (Å²) in [5.41, 5.74) is 11.8. The second-order valence-electron chi connectivity index (χ2n) is 4.35. The van der Waals surface area contributed by atoms with Crippen molar-refractivity contribution in [3.8, 4) is 0 Å². The van der Waals surface area contributed by atoms with Crippen LogP contribution in [0.1, 0.15) is 22.3 Å². The van der Waals surface area contributed by atoms with Gasteiger partial charge in [-0.25, -0.2) is 0 Å². The fourth-order valence-electron chi connectivity index (χ4n) is 1.79. The lowest BCUT2D eigenvalue weighted by Gasteiger charge is -2.05. The second-order valence-corrected chi connectivity index (χ2v) is 4.35. The predicted molar refractivity (Wildman–Crippen MR) is 69.6 cm³/mol. The summed E-state index contributed by atoms with van der Waals surface area (Å²) >= 11 is 0. The molecule has 0 bridgehead atoms. The van der Waals surface area contributed by atoms with E-state index < -0.39 is 0 Å². The van der Waals surface area contributed by atoms with Crippen LogP contribution in [0.25, 0.3) is 0 Å². The number of aryl methyl sites for hydroxylation is 2. The average molecular weight is 211 g/mol. The Morgan fingerprint density at radius 1 is 0.875 bits per heavy atom. The van der Waals surface area contributed by atoms with Crippen molar-refractivity contribution in [2.75, 3.05) is 5.73 Å². The highest BCUT2D eigenvalue weighted by Gasteiger charge is 1.98. The van der Waals surface area contributed by atoms with Crippen LogP contribution in [-0.4, -0.2) is 0 Å². The second kappa shape index (κ2) is 4.40. The van der Waals surface area contributed by atoms with E-state index in [0.717, 1.165) is 17.7 Å². The summed E-state index contributed by atoms with van der Waals surface area (Å²) in [5.74, 6) is 0. The zero-order valence-electron chi connectivity index (χ0n) is 9.83. The molecular weight excluding hydrogens is 194 g/mol. The molecule has 0 aliphatic rings. The van der Waals surface area contributed by atoms with Crippen molar-refractivity contribution < 1.29 is 0 Å². The van der Waals surface area contributed by atoms with Gasteiger partial charge in [0.05, 0.1) is 0 Å². The zero-order valence-corrected chi connectivity index (χ0v) is 9.83. The van der Waals surface area contributed by atoms with Gasteiger partial charge in [0.25, 0.3) is 0 Å². The van der Waals surface area contributed by atoms with Gasteiger partial charge >= 0.3 is 0 Å². The summed E-state index contributed by atoms with van der Waals surface area (Å²) in [4.78, 5) is 0. The molecule has 0 spiro atoms. The Morgan fingerprint density at radius 2 is 1.50 bits per heavy atom. The van der Waals surface area contributed by atoms with E-state index in [1.807, 2.05) is 13.0 Å². The molecule has 2 rings (SSSR count). The van der Waals surface area contributed by atoms with Crippen LogP contribution in [-0.2, 0) is 6.42 Å². The highest BCUT2D eigenvalue weighted by molar-refractivity contribution is 5.48. The predicted octanol–water partition coefficient (Wildman–Crippen LogP) is 3.48. The fourth-order valence-corrected chi connectivity index (χ4v) is 1.79. The summed E-state index contributed by atoms with van der Waals surface area (Å²) in [7, 11) is 0. The minimum Gasteiger partial charge on any atom is -0.399 e. The smallest absolute Gasteiger partial charge is 0.0343 e. The molecule has 0 unspecified atom stereocenters. The molecule has 0 aliphatic heterocycles. The van der Waals surface area contributed by atoms with Gasteiger partial charge in [-0.2, -0.15) is 0 Å². The van der Waals surface area contributed by atoms with Crippen LogP contribution < -0.4 is 5.73 Å². The first-order valence-electron chi connectivity index (χ1n) is 5.56. The van der Waals surface area contributed by atoms with E-state index in [-0.39, 0.29) is 0 Å². The van der Waals surface area contributed by atoms with Crippen molar-refractivity contribution in [3.05, 3.63) is 64.7 Å². The number of rotatable bonds is 2. The van der Waals surface area contributed by atoms with Crippen molar-refractivity contribution >= 4 is 5.69 Å². The summed E-state index contributed by atoms with van der Waals surface area (Å²) in [6.45, 7) is 4.16. The Labute approximate surface area is 96.9 Å². The van der Waals surface area contributed by atoms with Crippen LogP contribution in [0.15, 0.2) is 42.5 Å². The van der Waals surface area contributed by atoms with Gasteiger partial charge in [-0.1, -0.05) is 42.0 Å². The largest absolute Gasteiger partial charge is 0.399 e. The first kappa shape index (κ1) is 10.7. The van der Waals surface area contributed by atoms with Gasteiger partial charge in [0.15, 0.2) is 0 Å². The standard InChI is InChI=1S/C15H17N/c1-11-3-5-13(6-4-11)10-14-7-8-15(16)12(2)9-14/h3-9H,10,16H2,1-2H3. The van der Waals surface area contributed by atoms with E-state index in [1.54, 1.807) is 0 Å². The molecule has 16 heavy (non-hydrogen) atoms. The van der Waals surface area contributed by atoms with Crippen LogP contribution in [0.3, 0.4) is 0 Å². The molecule has 2 aromatic rings. The molecule has 1 heteroatoms. The van der Waals surface area contributed by atoms with Crippen molar-refractivity contribution in [1.82, 2.24) is 0 Å². The SMILES string of the molecule is Cc1ccc(Cc2ccc(N)c(C)c2)cc1. The number of nitrogens with two attached hydrogens (primary N) is 1. The van der Waals surface area contributed by atoms with Gasteiger partial charge in [0.2, 0.25) is 0 Å². The average Bonchev–Trinajstić information content (AvgIpc) is 2.27. The van der Waals surface area contributed by atoms with Crippen LogP contribution in [0.4, 0.5) is 5.69 Å². The Balaban J connectivity index is 2.20. The molecule has 0 radical (unpaired) electrons. The minimum atomic E-state index is 0.868. The van der Waals surface area contributed by atoms with Gasteiger partial charge in [-0.15, -0.1) is 0 Å². The monoisotopic (exact) mass is 211 g/mol. The molecule has 0 atom stereocenters. The molecule has 1 nitrogen and oxygen atoms in total. The molecule has 0 saturated heterocycles. The van der Waals surface area contributed by atoms with Crippen molar-refractivity contribution in [2.24, 2.45) is 0 Å². The van der Waals surface area contributed by atoms with Crippen LogP contribution in [0.5, 0.6) is 0 Å². The lowest BCUT2D eigenvalue weighted by molar-refractivity contribution is 1.18. The summed E-state index contributed by atoms with van der Waals surface area (Å²) in [6, 6.07) is 14.9. The van der Waals surface area contributed by atoms with Gasteiger partial charge in [-0.05, 0) is 43.0 Å². The summed E-state index contributed by atoms with van der Waals surface area (Å²) < 4.78 is 0. The summed E-state index contributed by atoms with van der Waals surface area (Å²) in [6.07, 6.45) is 0.974. The van der Waals surface area contributed by atoms with E-state index >= 15 is 0 Å². The van der Waals surface area contributed by atoms with Gasteiger partial charge in [-0.3, -0.25) is 0 Å². The Hall–Kier alpha value is -1.76. The zero-order chi connectivity index (χ0) is 11.5. The van der Waals surface area contributed by atoms with Gasteiger partial charge < -0.3 is 5.73 Å². The van der Waals surface area contributed by atoms with Crippen molar-refractivity contribution in [1.29, 1.82) is 0 Å². The third kappa shape index (κ3) is 2.43. The van der Waals surface area contributed by atoms with E-state index in [4.69, 9.17) is 5.73 Å². The van der Waals surface area contributed by atoms with Gasteiger partial charge in [0, 0.05) is 5.69 Å². The summed E-state index contributed by atoms with van der Waals surface area (Å²) in [5, 5.41) is 0. The molecular formula is C15H17N. The van der Waals surface area contributed by atoms with Crippen LogP contribution in [0, 0.1) is 13.8 Å². The molecule has 2 N–H and O–H groups in total. The highest BCUT2D eigenvalue weighted by Crippen LogP contribution is 2.16. The first-order valence-corrected chi connectivity index (χ1v) is 5.56. The van der Waals surface area contributed by atoms with Crippen molar-refractivity contribution in [3.63, 3.8) is 0 Å². The maximum atomic E-state index is 5.80. The number of hydrogen-bond donors (Lipinski definition) is 1. The normalized spacial score (nSPS) is 10.4. The fraction of sp³-hybridized carbons (Fsp3) is 0.200. The molecule has 0 aliphatic carbocycles. The first-order chi connectivity index (χ1) is 7.65. The third-order valence-electron chi connectivity index (χ3n) is 2.86. The molecule has 0 heterocycles. The topological polar surface area (TPSA) is 26.0 Å². The molecule has 0 amide bonds. The lowest BCUT2D eigenvalue weighted by Crippen LogP contribution is -1.93. The quantitative estimate of drug-likeness (QED) is 0.756. The lowest BCUT2D eigenvalue weighted by atomic mass is 10.0. The van der Waals surface area contributed by atoms with Crippen molar-refractivity contribution in [2.45, 2.75) is 20.3 Å². The molecule has 2 aromatic carbocycles. The third-order valence-corrected chi connectivity index (χ3v) is 2.86. The molecule has 0 aromatic heterocycles. The molecule has 0 fully saturated rings. The van der Waals surface area contributed by atoms with E-state index in [0.29, 0.717) is 0 Å². The van der Waals surface area contributed by atoms with E-state index in [1.165, 1.54) is 16.7 Å². The van der Waals surface area contributed by atoms with E-state index in [9.17, 15) is 0 Å². The maximum absolute atomic E-state index is 5.80. The number of anilines is 1. The molecule has 82 valence electrons. The Kier molecular flexibility index (Phi) is 2.95. The number of hydrogen-bond acceptors (Lipinski definition) is 1. The Bertz CT molecular complexity index is 483. The van der Waals surface area contributed by atoms with Crippen LogP contribution in [0.2, 0.25) is 0 Å².